The van der Waals surface area contributed by atoms with Gasteiger partial charge in [-0.25, -0.2) is 17.9 Å². The summed E-state index contributed by atoms with van der Waals surface area (Å²) in [5.74, 6) is -1.14. The number of benzene rings is 1. The SMILES string of the molecule is CCc1ccc(C(=O)O)cc1S(=O)(=O)NCCC(C)(C)C. The summed E-state index contributed by atoms with van der Waals surface area (Å²) in [6.45, 7) is 8.26. The van der Waals surface area contributed by atoms with E-state index >= 15 is 0 Å². The van der Waals surface area contributed by atoms with Crippen LogP contribution in [0.25, 0.3) is 0 Å². The number of carboxylic acids is 1. The van der Waals surface area contributed by atoms with Gasteiger partial charge in [0.2, 0.25) is 10.0 Å². The third kappa shape index (κ3) is 5.13. The second-order valence-corrected chi connectivity index (χ2v) is 7.93. The van der Waals surface area contributed by atoms with E-state index in [9.17, 15) is 13.2 Å². The molecule has 118 valence electrons. The fourth-order valence-corrected chi connectivity index (χ4v) is 3.23. The van der Waals surface area contributed by atoms with E-state index in [2.05, 4.69) is 4.72 Å². The molecule has 0 atom stereocenters. The van der Waals surface area contributed by atoms with Gasteiger partial charge in [-0.2, -0.15) is 0 Å². The number of hydrogen-bond acceptors (Lipinski definition) is 3. The van der Waals surface area contributed by atoms with Crippen LogP contribution < -0.4 is 4.72 Å². The molecule has 5 nitrogen and oxygen atoms in total. The highest BCUT2D eigenvalue weighted by molar-refractivity contribution is 7.89. The van der Waals surface area contributed by atoms with Crippen molar-refractivity contribution in [2.75, 3.05) is 6.54 Å². The first-order valence-electron chi connectivity index (χ1n) is 6.93. The van der Waals surface area contributed by atoms with Gasteiger partial charge in [-0.3, -0.25) is 0 Å². The van der Waals surface area contributed by atoms with Gasteiger partial charge in [0.05, 0.1) is 10.5 Å². The minimum atomic E-state index is -3.69. The van der Waals surface area contributed by atoms with Crippen molar-refractivity contribution in [2.45, 2.75) is 45.4 Å². The average molecular weight is 313 g/mol. The summed E-state index contributed by atoms with van der Waals surface area (Å²) in [5, 5.41) is 9.01. The van der Waals surface area contributed by atoms with Gasteiger partial charge < -0.3 is 5.11 Å². The zero-order chi connectivity index (χ0) is 16.3. The molecule has 0 saturated carbocycles. The number of aryl methyl sites for hydroxylation is 1. The molecule has 2 N–H and O–H groups in total. The predicted molar refractivity (Wildman–Crippen MR) is 82.0 cm³/mol. The lowest BCUT2D eigenvalue weighted by atomic mass is 9.93. The molecule has 0 aliphatic carbocycles. The van der Waals surface area contributed by atoms with Crippen molar-refractivity contribution in [2.24, 2.45) is 5.41 Å². The third-order valence-electron chi connectivity index (χ3n) is 3.15. The summed E-state index contributed by atoms with van der Waals surface area (Å²) in [6, 6.07) is 4.21. The van der Waals surface area contributed by atoms with Gasteiger partial charge in [-0.1, -0.05) is 33.8 Å². The highest BCUT2D eigenvalue weighted by atomic mass is 32.2. The van der Waals surface area contributed by atoms with Gasteiger partial charge >= 0.3 is 5.97 Å². The van der Waals surface area contributed by atoms with Crippen LogP contribution in [-0.4, -0.2) is 26.0 Å². The lowest BCUT2D eigenvalue weighted by Gasteiger charge is -2.18. The van der Waals surface area contributed by atoms with Gasteiger partial charge in [0.15, 0.2) is 0 Å². The lowest BCUT2D eigenvalue weighted by Crippen LogP contribution is -2.28. The Hall–Kier alpha value is -1.40. The Morgan fingerprint density at radius 3 is 2.38 bits per heavy atom. The number of rotatable bonds is 6. The molecule has 0 aliphatic heterocycles. The van der Waals surface area contributed by atoms with Gasteiger partial charge in [0, 0.05) is 6.54 Å². The second-order valence-electron chi connectivity index (χ2n) is 6.19. The summed E-state index contributed by atoms with van der Waals surface area (Å²) in [5.41, 5.74) is 0.616. The van der Waals surface area contributed by atoms with Crippen molar-refractivity contribution >= 4 is 16.0 Å². The average Bonchev–Trinajstić information content (AvgIpc) is 2.36. The van der Waals surface area contributed by atoms with E-state index in [-0.39, 0.29) is 15.9 Å². The summed E-state index contributed by atoms with van der Waals surface area (Å²) in [6.07, 6.45) is 1.22. The summed E-state index contributed by atoms with van der Waals surface area (Å²) >= 11 is 0. The highest BCUT2D eigenvalue weighted by Crippen LogP contribution is 2.20. The van der Waals surface area contributed by atoms with Crippen molar-refractivity contribution in [3.63, 3.8) is 0 Å². The van der Waals surface area contributed by atoms with Crippen molar-refractivity contribution < 1.29 is 18.3 Å². The van der Waals surface area contributed by atoms with E-state index < -0.39 is 16.0 Å². The van der Waals surface area contributed by atoms with E-state index in [4.69, 9.17) is 5.11 Å². The minimum Gasteiger partial charge on any atom is -0.478 e. The number of sulfonamides is 1. The summed E-state index contributed by atoms with van der Waals surface area (Å²) in [4.78, 5) is 11.1. The predicted octanol–water partition coefficient (Wildman–Crippen LogP) is 2.66. The van der Waals surface area contributed by atoms with Gasteiger partial charge in [0.1, 0.15) is 0 Å². The Morgan fingerprint density at radius 2 is 1.90 bits per heavy atom. The summed E-state index contributed by atoms with van der Waals surface area (Å²) in [7, 11) is -3.69. The highest BCUT2D eigenvalue weighted by Gasteiger charge is 2.20. The van der Waals surface area contributed by atoms with E-state index in [0.29, 0.717) is 24.9 Å². The molecule has 0 bridgehead atoms. The zero-order valence-electron chi connectivity index (χ0n) is 12.9. The first-order chi connectivity index (χ1) is 9.57. The molecular formula is C15H23NO4S. The molecule has 0 amide bonds. The van der Waals surface area contributed by atoms with E-state index in [1.165, 1.54) is 12.1 Å². The van der Waals surface area contributed by atoms with Crippen LogP contribution in [0.15, 0.2) is 23.1 Å². The van der Waals surface area contributed by atoms with E-state index in [1.54, 1.807) is 6.07 Å². The quantitative estimate of drug-likeness (QED) is 0.845. The smallest absolute Gasteiger partial charge is 0.335 e. The molecular weight excluding hydrogens is 290 g/mol. The standard InChI is InChI=1S/C15H23NO4S/c1-5-11-6-7-12(14(17)18)10-13(11)21(19,20)16-9-8-15(2,3)4/h6-7,10,16H,5,8-9H2,1-4H3,(H,17,18). The largest absolute Gasteiger partial charge is 0.478 e. The van der Waals surface area contributed by atoms with Crippen molar-refractivity contribution in [3.05, 3.63) is 29.3 Å². The first kappa shape index (κ1) is 17.7. The first-order valence-corrected chi connectivity index (χ1v) is 8.41. The molecule has 1 aromatic rings. The monoisotopic (exact) mass is 313 g/mol. The Balaban J connectivity index is 3.06. The van der Waals surface area contributed by atoms with Crippen molar-refractivity contribution in [3.8, 4) is 0 Å². The molecule has 0 heterocycles. The second kappa shape index (κ2) is 6.58. The Bertz CT molecular complexity index is 615. The Morgan fingerprint density at radius 1 is 1.29 bits per heavy atom. The van der Waals surface area contributed by atoms with Crippen LogP contribution in [0.4, 0.5) is 0 Å². The maximum Gasteiger partial charge on any atom is 0.335 e. The molecule has 0 fully saturated rings. The third-order valence-corrected chi connectivity index (χ3v) is 4.69. The van der Waals surface area contributed by atoms with Crippen LogP contribution in [0.1, 0.15) is 50.0 Å². The number of aromatic carboxylic acids is 1. The molecule has 0 spiro atoms. The Kier molecular flexibility index (Phi) is 5.53. The van der Waals surface area contributed by atoms with E-state index in [0.717, 1.165) is 0 Å². The van der Waals surface area contributed by atoms with Crippen LogP contribution in [0.5, 0.6) is 0 Å². The lowest BCUT2D eigenvalue weighted by molar-refractivity contribution is 0.0696. The topological polar surface area (TPSA) is 83.5 Å². The molecule has 6 heteroatoms. The van der Waals surface area contributed by atoms with Crippen LogP contribution in [-0.2, 0) is 16.4 Å². The fourth-order valence-electron chi connectivity index (χ4n) is 1.87. The van der Waals surface area contributed by atoms with E-state index in [1.807, 2.05) is 27.7 Å². The molecule has 21 heavy (non-hydrogen) atoms. The van der Waals surface area contributed by atoms with Crippen molar-refractivity contribution in [1.82, 2.24) is 4.72 Å². The van der Waals surface area contributed by atoms with Crippen LogP contribution >= 0.6 is 0 Å². The number of hydrogen-bond donors (Lipinski definition) is 2. The number of carbonyl (C=O) groups is 1. The maximum atomic E-state index is 12.4. The minimum absolute atomic E-state index is 0.0246. The van der Waals surface area contributed by atoms with Crippen molar-refractivity contribution in [1.29, 1.82) is 0 Å². The molecule has 1 aromatic carbocycles. The fraction of sp³-hybridized carbons (Fsp3) is 0.533. The molecule has 0 aromatic heterocycles. The molecule has 0 radical (unpaired) electrons. The zero-order valence-corrected chi connectivity index (χ0v) is 13.8. The Labute approximate surface area is 126 Å². The molecule has 0 saturated heterocycles. The maximum absolute atomic E-state index is 12.4. The number of carboxylic acid groups (broad SMARTS) is 1. The van der Waals surface area contributed by atoms with Crippen LogP contribution in [0.2, 0.25) is 0 Å². The number of nitrogens with one attached hydrogen (secondary N) is 1. The van der Waals surface area contributed by atoms with Gasteiger partial charge in [0.25, 0.3) is 0 Å². The molecule has 1 rings (SSSR count). The summed E-state index contributed by atoms with van der Waals surface area (Å²) < 4.78 is 27.3. The van der Waals surface area contributed by atoms with Crippen LogP contribution in [0.3, 0.4) is 0 Å². The van der Waals surface area contributed by atoms with Gasteiger partial charge in [-0.05, 0) is 36.0 Å². The molecule has 0 aliphatic rings. The van der Waals surface area contributed by atoms with Gasteiger partial charge in [-0.15, -0.1) is 0 Å². The van der Waals surface area contributed by atoms with Crippen LogP contribution in [0, 0.1) is 5.41 Å². The molecule has 0 unspecified atom stereocenters. The normalized spacial score (nSPS) is 12.4.